The van der Waals surface area contributed by atoms with Crippen molar-refractivity contribution in [1.82, 2.24) is 19.6 Å². The van der Waals surface area contributed by atoms with Gasteiger partial charge in [0.05, 0.1) is 5.16 Å². The molecule has 0 radical (unpaired) electrons. The van der Waals surface area contributed by atoms with Crippen LogP contribution in [-0.2, 0) is 26.4 Å². The zero-order valence-electron chi connectivity index (χ0n) is 12.1. The first-order valence-corrected chi connectivity index (χ1v) is 6.33. The molecular formula is C11H10F6N6S. The maximum absolute atomic E-state index is 12.1. The van der Waals surface area contributed by atoms with Gasteiger partial charge in [0.15, 0.2) is 17.2 Å². The van der Waals surface area contributed by atoms with Crippen LogP contribution in [-0.4, -0.2) is 24.7 Å². The molecular weight excluding hydrogens is 362 g/mol. The van der Waals surface area contributed by atoms with Gasteiger partial charge in [0.25, 0.3) is 0 Å². The molecule has 0 amide bonds. The molecule has 0 aromatic carbocycles. The van der Waals surface area contributed by atoms with Gasteiger partial charge < -0.3 is 5.73 Å². The van der Waals surface area contributed by atoms with Gasteiger partial charge in [-0.25, -0.2) is 4.68 Å². The summed E-state index contributed by atoms with van der Waals surface area (Å²) in [6, 6.07) is 1.60. The van der Waals surface area contributed by atoms with E-state index in [1.54, 1.807) is 0 Å². The summed E-state index contributed by atoms with van der Waals surface area (Å²) in [6.45, 7) is 0. The van der Waals surface area contributed by atoms with Crippen LogP contribution in [0.5, 0.6) is 0 Å². The molecule has 132 valence electrons. The van der Waals surface area contributed by atoms with Crippen molar-refractivity contribution in [3.63, 3.8) is 0 Å². The molecule has 0 saturated carbocycles. The standard InChI is InChI=1S/C6H4F3N3S.C5H6F3N3/c1-12-5(10-3-13)2-4(11-12)6(7,8)9;1-11-4(9)2-3(10-11)5(6,7)8/h2H,1H3;2H,9H2,1H3. The molecule has 0 bridgehead atoms. The first-order chi connectivity index (χ1) is 10.9. The molecule has 0 aliphatic heterocycles. The second-order valence-electron chi connectivity index (χ2n) is 4.29. The molecule has 2 heterocycles. The topological polar surface area (TPSA) is 74.0 Å². The molecule has 0 aliphatic carbocycles. The minimum Gasteiger partial charge on any atom is -0.384 e. The first-order valence-electron chi connectivity index (χ1n) is 5.92. The lowest BCUT2D eigenvalue weighted by molar-refractivity contribution is -0.142. The molecule has 13 heteroatoms. The Labute approximate surface area is 136 Å². The summed E-state index contributed by atoms with van der Waals surface area (Å²) >= 11 is 4.26. The summed E-state index contributed by atoms with van der Waals surface area (Å²) in [4.78, 5) is 3.41. The van der Waals surface area contributed by atoms with Gasteiger partial charge in [-0.05, 0) is 12.2 Å². The lowest BCUT2D eigenvalue weighted by atomic mass is 10.4. The highest BCUT2D eigenvalue weighted by Crippen LogP contribution is 2.30. The van der Waals surface area contributed by atoms with E-state index in [9.17, 15) is 26.3 Å². The first kappa shape index (κ1) is 19.6. The summed E-state index contributed by atoms with van der Waals surface area (Å²) in [6.07, 6.45) is -8.86. The van der Waals surface area contributed by atoms with Crippen molar-refractivity contribution in [2.75, 3.05) is 5.73 Å². The van der Waals surface area contributed by atoms with Crippen LogP contribution in [0.15, 0.2) is 17.1 Å². The quantitative estimate of drug-likeness (QED) is 0.474. The normalized spacial score (nSPS) is 11.5. The Morgan fingerprint density at radius 3 is 1.75 bits per heavy atom. The molecule has 0 spiro atoms. The van der Waals surface area contributed by atoms with Crippen molar-refractivity contribution in [3.8, 4) is 0 Å². The highest BCUT2D eigenvalue weighted by molar-refractivity contribution is 7.78. The summed E-state index contributed by atoms with van der Waals surface area (Å²) in [5, 5.41) is 8.33. The molecule has 24 heavy (non-hydrogen) atoms. The van der Waals surface area contributed by atoms with E-state index in [1.165, 1.54) is 14.1 Å². The molecule has 0 atom stereocenters. The molecule has 0 aliphatic rings. The lowest BCUT2D eigenvalue weighted by Gasteiger charge is -1.98. The van der Waals surface area contributed by atoms with Crippen LogP contribution < -0.4 is 5.73 Å². The van der Waals surface area contributed by atoms with Crippen LogP contribution in [0.2, 0.25) is 0 Å². The minimum atomic E-state index is -4.45. The average Bonchev–Trinajstić information content (AvgIpc) is 2.95. The zero-order valence-corrected chi connectivity index (χ0v) is 13.0. The van der Waals surface area contributed by atoms with Gasteiger partial charge in [-0.2, -0.15) is 41.5 Å². The van der Waals surface area contributed by atoms with E-state index in [0.29, 0.717) is 0 Å². The third kappa shape index (κ3) is 5.06. The number of hydrogen-bond acceptors (Lipinski definition) is 5. The van der Waals surface area contributed by atoms with E-state index >= 15 is 0 Å². The maximum Gasteiger partial charge on any atom is 0.435 e. The Bertz CT molecular complexity index is 733. The second-order valence-corrected chi connectivity index (χ2v) is 4.47. The third-order valence-corrected chi connectivity index (χ3v) is 2.60. The van der Waals surface area contributed by atoms with E-state index in [1.807, 2.05) is 5.16 Å². The molecule has 6 nitrogen and oxygen atoms in total. The van der Waals surface area contributed by atoms with Crippen LogP contribution in [0.3, 0.4) is 0 Å². The smallest absolute Gasteiger partial charge is 0.384 e. The number of rotatable bonds is 1. The summed E-state index contributed by atoms with van der Waals surface area (Å²) in [5.74, 6) is 0.0275. The van der Waals surface area contributed by atoms with E-state index in [2.05, 4.69) is 27.4 Å². The van der Waals surface area contributed by atoms with Crippen molar-refractivity contribution in [2.24, 2.45) is 19.1 Å². The fraction of sp³-hybridized carbons (Fsp3) is 0.364. The number of halogens is 6. The van der Waals surface area contributed by atoms with E-state index in [0.717, 1.165) is 21.5 Å². The van der Waals surface area contributed by atoms with Gasteiger partial charge in [0.1, 0.15) is 5.82 Å². The zero-order chi connectivity index (χ0) is 18.7. The van der Waals surface area contributed by atoms with Crippen LogP contribution in [0.1, 0.15) is 11.4 Å². The highest BCUT2D eigenvalue weighted by Gasteiger charge is 2.35. The molecule has 2 N–H and O–H groups in total. The molecule has 0 unspecified atom stereocenters. The second kappa shape index (κ2) is 7.01. The van der Waals surface area contributed by atoms with Crippen molar-refractivity contribution in [3.05, 3.63) is 23.5 Å². The Balaban J connectivity index is 0.000000243. The van der Waals surface area contributed by atoms with Crippen molar-refractivity contribution >= 4 is 29.0 Å². The highest BCUT2D eigenvalue weighted by atomic mass is 32.1. The van der Waals surface area contributed by atoms with E-state index in [-0.39, 0.29) is 11.6 Å². The molecule has 0 saturated heterocycles. The van der Waals surface area contributed by atoms with Gasteiger partial charge >= 0.3 is 12.4 Å². The number of anilines is 1. The van der Waals surface area contributed by atoms with Crippen molar-refractivity contribution in [1.29, 1.82) is 0 Å². The maximum atomic E-state index is 12.1. The summed E-state index contributed by atoms with van der Waals surface area (Å²) in [5.41, 5.74) is 3.19. The van der Waals surface area contributed by atoms with Crippen LogP contribution in [0, 0.1) is 0 Å². The molecule has 2 aromatic heterocycles. The summed E-state index contributed by atoms with van der Waals surface area (Å²) in [7, 11) is 2.70. The molecule has 2 aromatic rings. The molecule has 2 rings (SSSR count). The number of alkyl halides is 6. The largest absolute Gasteiger partial charge is 0.435 e. The third-order valence-electron chi connectivity index (χ3n) is 2.51. The predicted molar refractivity (Wildman–Crippen MR) is 75.5 cm³/mol. The van der Waals surface area contributed by atoms with Gasteiger partial charge in [0, 0.05) is 26.2 Å². The van der Waals surface area contributed by atoms with Gasteiger partial charge in [-0.1, -0.05) is 0 Å². The van der Waals surface area contributed by atoms with Crippen molar-refractivity contribution in [2.45, 2.75) is 12.4 Å². The molecule has 0 fully saturated rings. The number of aryl methyl sites for hydroxylation is 2. The lowest BCUT2D eigenvalue weighted by Crippen LogP contribution is -2.06. The van der Waals surface area contributed by atoms with Crippen molar-refractivity contribution < 1.29 is 26.3 Å². The number of thiocarbonyl (C=S) groups is 1. The van der Waals surface area contributed by atoms with E-state index < -0.39 is 23.7 Å². The number of nitrogen functional groups attached to an aromatic ring is 1. The fourth-order valence-corrected chi connectivity index (χ4v) is 1.46. The number of aliphatic imine (C=N–C) groups is 1. The van der Waals surface area contributed by atoms with Crippen LogP contribution in [0.4, 0.5) is 38.0 Å². The number of aromatic nitrogens is 4. The number of isothiocyanates is 1. The Hall–Kier alpha value is -2.40. The number of hydrogen-bond donors (Lipinski definition) is 1. The average molecular weight is 372 g/mol. The Morgan fingerprint density at radius 2 is 1.46 bits per heavy atom. The van der Waals surface area contributed by atoms with Crippen LogP contribution in [0.25, 0.3) is 0 Å². The minimum absolute atomic E-state index is 0.00248. The van der Waals surface area contributed by atoms with Gasteiger partial charge in [0.2, 0.25) is 0 Å². The Kier molecular flexibility index (Phi) is 5.74. The van der Waals surface area contributed by atoms with E-state index in [4.69, 9.17) is 5.73 Å². The fourth-order valence-electron chi connectivity index (χ4n) is 1.37. The number of nitrogens with zero attached hydrogens (tertiary/aromatic N) is 5. The predicted octanol–water partition coefficient (Wildman–Crippen LogP) is 3.19. The van der Waals surface area contributed by atoms with Gasteiger partial charge in [-0.15, -0.1) is 0 Å². The summed E-state index contributed by atoms with van der Waals surface area (Å²) < 4.78 is 73.7. The van der Waals surface area contributed by atoms with Gasteiger partial charge in [-0.3, -0.25) is 4.68 Å². The number of nitrogens with two attached hydrogens (primary N) is 1. The SMILES string of the molecule is Cn1nc(C(F)(F)F)cc1N.Cn1nc(C(F)(F)F)cc1N=C=S. The Morgan fingerprint density at radius 1 is 1.00 bits per heavy atom. The van der Waals surface area contributed by atoms with Crippen LogP contribution >= 0.6 is 12.2 Å². The monoisotopic (exact) mass is 372 g/mol.